The first-order valence-electron chi connectivity index (χ1n) is 12.4. The van der Waals surface area contributed by atoms with Gasteiger partial charge in [-0.05, 0) is 87.3 Å². The molecule has 38 heavy (non-hydrogen) atoms. The van der Waals surface area contributed by atoms with E-state index in [0.717, 1.165) is 37.3 Å². The number of aryl methyl sites for hydroxylation is 1. The lowest BCUT2D eigenvalue weighted by molar-refractivity contribution is 0.404. The minimum atomic E-state index is -3.42. The summed E-state index contributed by atoms with van der Waals surface area (Å²) in [5, 5.41) is 9.57. The first-order valence-corrected chi connectivity index (χ1v) is 14.0. The Morgan fingerprint density at radius 3 is 2.42 bits per heavy atom. The number of pyridine rings is 1. The summed E-state index contributed by atoms with van der Waals surface area (Å²) in [6, 6.07) is 16.2. The highest BCUT2D eigenvalue weighted by Crippen LogP contribution is 2.21. The molecule has 3 aromatic heterocycles. The van der Waals surface area contributed by atoms with Gasteiger partial charge in [-0.25, -0.2) is 28.4 Å². The largest absolute Gasteiger partial charge is 0.325 e. The Kier molecular flexibility index (Phi) is 7.70. The van der Waals surface area contributed by atoms with Gasteiger partial charge in [0.25, 0.3) is 0 Å². The van der Waals surface area contributed by atoms with Crippen molar-refractivity contribution < 1.29 is 8.42 Å². The van der Waals surface area contributed by atoms with Gasteiger partial charge < -0.3 is 16.0 Å². The predicted molar refractivity (Wildman–Crippen MR) is 148 cm³/mol. The monoisotopic (exact) mass is 531 g/mol. The Hall–Kier alpha value is -4.16. The van der Waals surface area contributed by atoms with Crippen molar-refractivity contribution in [2.75, 3.05) is 34.2 Å². The molecule has 0 saturated carbocycles. The SMILES string of the molecule is Cc1cccc(-c2nccc(Nc3ccnc(Nc4ccc(NS(=O)(=O)CC5CCCNC5)cc4)n3)n2)n1. The molecule has 1 unspecified atom stereocenters. The van der Waals surface area contributed by atoms with Crippen LogP contribution in [0.1, 0.15) is 18.5 Å². The minimum Gasteiger partial charge on any atom is -0.325 e. The van der Waals surface area contributed by atoms with E-state index < -0.39 is 10.0 Å². The maximum atomic E-state index is 12.6. The third-order valence-corrected chi connectivity index (χ3v) is 7.41. The van der Waals surface area contributed by atoms with Crippen LogP contribution >= 0.6 is 0 Å². The van der Waals surface area contributed by atoms with Crippen LogP contribution in [0.5, 0.6) is 0 Å². The molecular weight excluding hydrogens is 502 g/mol. The number of sulfonamides is 1. The van der Waals surface area contributed by atoms with Crippen molar-refractivity contribution in [3.8, 4) is 11.5 Å². The van der Waals surface area contributed by atoms with E-state index in [1.807, 2.05) is 25.1 Å². The molecule has 1 aliphatic heterocycles. The van der Waals surface area contributed by atoms with Crippen molar-refractivity contribution in [3.05, 3.63) is 72.7 Å². The normalized spacial score (nSPS) is 15.6. The maximum Gasteiger partial charge on any atom is 0.233 e. The molecular formula is C26H29N9O2S. The highest BCUT2D eigenvalue weighted by atomic mass is 32.2. The second-order valence-electron chi connectivity index (χ2n) is 9.12. The molecule has 0 bridgehead atoms. The third-order valence-electron chi connectivity index (χ3n) is 5.95. The maximum absolute atomic E-state index is 12.6. The van der Waals surface area contributed by atoms with Gasteiger partial charge in [0.15, 0.2) is 5.82 Å². The van der Waals surface area contributed by atoms with E-state index in [9.17, 15) is 8.42 Å². The Bertz CT molecular complexity index is 1490. The number of hydrogen-bond donors (Lipinski definition) is 4. The van der Waals surface area contributed by atoms with Gasteiger partial charge in [-0.1, -0.05) is 6.07 Å². The van der Waals surface area contributed by atoms with E-state index >= 15 is 0 Å². The van der Waals surface area contributed by atoms with Crippen LogP contribution in [0.4, 0.5) is 29.0 Å². The number of rotatable bonds is 9. The van der Waals surface area contributed by atoms with Crippen LogP contribution in [0.15, 0.2) is 67.0 Å². The number of hydrogen-bond acceptors (Lipinski definition) is 10. The standard InChI is InChI=1S/C26H29N9O2S/c1-18-4-2-6-22(30-18)25-28-14-11-23(33-25)32-24-12-15-29-26(34-24)31-20-7-9-21(10-8-20)35-38(36,37)17-19-5-3-13-27-16-19/h2,4,6-12,14-15,19,27,35H,3,5,13,16-17H2,1H3,(H2,28,29,31,32,33,34). The van der Waals surface area contributed by atoms with Crippen molar-refractivity contribution in [1.29, 1.82) is 0 Å². The fourth-order valence-corrected chi connectivity index (χ4v) is 5.67. The quantitative estimate of drug-likeness (QED) is 0.251. The Labute approximate surface area is 221 Å². The van der Waals surface area contributed by atoms with Gasteiger partial charge in [0, 0.05) is 29.5 Å². The van der Waals surface area contributed by atoms with Crippen molar-refractivity contribution in [3.63, 3.8) is 0 Å². The van der Waals surface area contributed by atoms with Crippen LogP contribution in [-0.2, 0) is 10.0 Å². The van der Waals surface area contributed by atoms with Crippen molar-refractivity contribution >= 4 is 39.0 Å². The number of nitrogens with one attached hydrogen (secondary N) is 4. The molecule has 1 aromatic carbocycles. The second-order valence-corrected chi connectivity index (χ2v) is 10.9. The van der Waals surface area contributed by atoms with Gasteiger partial charge >= 0.3 is 0 Å². The van der Waals surface area contributed by atoms with Gasteiger partial charge in [-0.2, -0.15) is 4.98 Å². The average Bonchev–Trinajstić information content (AvgIpc) is 2.90. The molecule has 5 rings (SSSR count). The number of aromatic nitrogens is 5. The molecule has 0 spiro atoms. The van der Waals surface area contributed by atoms with Crippen molar-refractivity contribution in [2.45, 2.75) is 19.8 Å². The number of piperidine rings is 1. The van der Waals surface area contributed by atoms with Crippen LogP contribution in [0.3, 0.4) is 0 Å². The zero-order valence-corrected chi connectivity index (χ0v) is 21.7. The number of nitrogens with zero attached hydrogens (tertiary/aromatic N) is 5. The Morgan fingerprint density at radius 2 is 1.66 bits per heavy atom. The highest BCUT2D eigenvalue weighted by molar-refractivity contribution is 7.92. The highest BCUT2D eigenvalue weighted by Gasteiger charge is 2.21. The molecule has 4 aromatic rings. The summed E-state index contributed by atoms with van der Waals surface area (Å²) in [5.74, 6) is 2.26. The van der Waals surface area contributed by atoms with Crippen LogP contribution in [0.2, 0.25) is 0 Å². The smallest absolute Gasteiger partial charge is 0.233 e. The number of anilines is 5. The molecule has 11 nitrogen and oxygen atoms in total. The first-order chi connectivity index (χ1) is 18.4. The molecule has 12 heteroatoms. The summed E-state index contributed by atoms with van der Waals surface area (Å²) in [5.41, 5.74) is 2.81. The van der Waals surface area contributed by atoms with E-state index in [1.165, 1.54) is 0 Å². The summed E-state index contributed by atoms with van der Waals surface area (Å²) < 4.78 is 27.8. The molecule has 0 radical (unpaired) electrons. The summed E-state index contributed by atoms with van der Waals surface area (Å²) in [4.78, 5) is 22.1. The first kappa shape index (κ1) is 25.5. The lowest BCUT2D eigenvalue weighted by Crippen LogP contribution is -2.35. The van der Waals surface area contributed by atoms with Gasteiger partial charge in [0.2, 0.25) is 16.0 Å². The molecule has 0 aliphatic carbocycles. The predicted octanol–water partition coefficient (Wildman–Crippen LogP) is 3.87. The van der Waals surface area contributed by atoms with E-state index in [0.29, 0.717) is 34.8 Å². The molecule has 1 atom stereocenters. The molecule has 1 saturated heterocycles. The zero-order chi connectivity index (χ0) is 26.4. The fraction of sp³-hybridized carbons (Fsp3) is 0.269. The second kappa shape index (κ2) is 11.5. The molecule has 1 fully saturated rings. The van der Waals surface area contributed by atoms with Crippen LogP contribution in [0.25, 0.3) is 11.5 Å². The molecule has 4 heterocycles. The molecule has 1 aliphatic rings. The number of benzene rings is 1. The van der Waals surface area contributed by atoms with Crippen molar-refractivity contribution in [2.24, 2.45) is 5.92 Å². The van der Waals surface area contributed by atoms with Crippen molar-refractivity contribution in [1.82, 2.24) is 30.2 Å². The zero-order valence-electron chi connectivity index (χ0n) is 20.9. The minimum absolute atomic E-state index is 0.114. The van der Waals surface area contributed by atoms with E-state index in [-0.39, 0.29) is 11.7 Å². The Morgan fingerprint density at radius 1 is 0.895 bits per heavy atom. The van der Waals surface area contributed by atoms with Gasteiger partial charge in [0.05, 0.1) is 5.75 Å². The van der Waals surface area contributed by atoms with E-state index in [4.69, 9.17) is 0 Å². The summed E-state index contributed by atoms with van der Waals surface area (Å²) in [7, 11) is -3.42. The molecule has 4 N–H and O–H groups in total. The topological polar surface area (TPSA) is 147 Å². The average molecular weight is 532 g/mol. The lowest BCUT2D eigenvalue weighted by Gasteiger charge is -2.22. The summed E-state index contributed by atoms with van der Waals surface area (Å²) in [6.07, 6.45) is 5.22. The van der Waals surface area contributed by atoms with Gasteiger partial charge in [-0.15, -0.1) is 0 Å². The Balaban J connectivity index is 1.21. The fourth-order valence-electron chi connectivity index (χ4n) is 4.19. The van der Waals surface area contributed by atoms with Gasteiger partial charge in [0.1, 0.15) is 17.3 Å². The lowest BCUT2D eigenvalue weighted by atomic mass is 10.0. The summed E-state index contributed by atoms with van der Waals surface area (Å²) >= 11 is 0. The third kappa shape index (κ3) is 6.99. The van der Waals surface area contributed by atoms with Crippen LogP contribution in [-0.4, -0.2) is 52.2 Å². The van der Waals surface area contributed by atoms with Gasteiger partial charge in [-0.3, -0.25) is 4.72 Å². The molecule has 196 valence electrons. The summed E-state index contributed by atoms with van der Waals surface area (Å²) in [6.45, 7) is 3.61. The van der Waals surface area contributed by atoms with Crippen LogP contribution < -0.4 is 20.7 Å². The molecule has 0 amide bonds. The van der Waals surface area contributed by atoms with Crippen LogP contribution in [0, 0.1) is 12.8 Å². The van der Waals surface area contributed by atoms with E-state index in [1.54, 1.807) is 48.8 Å². The van der Waals surface area contributed by atoms with E-state index in [2.05, 4.69) is 45.6 Å².